The zero-order chi connectivity index (χ0) is 12.3. The third-order valence-electron chi connectivity index (χ3n) is 2.71. The van der Waals surface area contributed by atoms with Gasteiger partial charge in [-0.15, -0.1) is 0 Å². The summed E-state index contributed by atoms with van der Waals surface area (Å²) in [4.78, 5) is 16.0. The Labute approximate surface area is 99.9 Å². The van der Waals surface area contributed by atoms with Crippen LogP contribution in [0.25, 0.3) is 5.65 Å². The number of amides is 1. The second-order valence-electron chi connectivity index (χ2n) is 4.01. The van der Waals surface area contributed by atoms with E-state index < -0.39 is 0 Å². The van der Waals surface area contributed by atoms with Crippen molar-refractivity contribution in [2.24, 2.45) is 0 Å². The number of nitrogens with one attached hydrogen (secondary N) is 2. The number of likely N-dealkylation sites (N-methyl/N-ethyl adjacent to an activating group) is 1. The normalized spacial score (nSPS) is 12.6. The number of hydrogen-bond donors (Lipinski definition) is 2. The van der Waals surface area contributed by atoms with Crippen LogP contribution in [0.1, 0.15) is 17.3 Å². The molecule has 5 nitrogen and oxygen atoms in total. The van der Waals surface area contributed by atoms with Crippen molar-refractivity contribution in [2.45, 2.75) is 13.0 Å². The third kappa shape index (κ3) is 2.62. The Morgan fingerprint density at radius 1 is 1.53 bits per heavy atom. The van der Waals surface area contributed by atoms with Gasteiger partial charge in [-0.1, -0.05) is 0 Å². The predicted molar refractivity (Wildman–Crippen MR) is 66.0 cm³/mol. The van der Waals surface area contributed by atoms with Crippen molar-refractivity contribution in [1.82, 2.24) is 20.0 Å². The Hall–Kier alpha value is -1.88. The van der Waals surface area contributed by atoms with Gasteiger partial charge >= 0.3 is 0 Å². The number of carbonyl (C=O) groups excluding carboxylic acids is 1. The van der Waals surface area contributed by atoms with Gasteiger partial charge in [-0.2, -0.15) is 0 Å². The lowest BCUT2D eigenvalue weighted by Crippen LogP contribution is -2.37. The number of fused-ring (bicyclic) bond motifs is 1. The predicted octanol–water partition coefficient (Wildman–Crippen LogP) is 0.672. The van der Waals surface area contributed by atoms with Crippen LogP contribution in [-0.2, 0) is 0 Å². The van der Waals surface area contributed by atoms with E-state index in [2.05, 4.69) is 15.6 Å². The quantitative estimate of drug-likeness (QED) is 0.814. The molecule has 0 radical (unpaired) electrons. The number of hydrogen-bond acceptors (Lipinski definition) is 3. The number of carbonyl (C=O) groups is 1. The molecule has 2 N–H and O–H groups in total. The van der Waals surface area contributed by atoms with Crippen molar-refractivity contribution in [1.29, 1.82) is 0 Å². The minimum atomic E-state index is -0.0669. The number of imidazole rings is 1. The molecule has 1 unspecified atom stereocenters. The molecule has 2 aromatic heterocycles. The summed E-state index contributed by atoms with van der Waals surface area (Å²) in [5.74, 6) is -0.0669. The monoisotopic (exact) mass is 232 g/mol. The van der Waals surface area contributed by atoms with Crippen LogP contribution >= 0.6 is 0 Å². The Morgan fingerprint density at radius 2 is 2.35 bits per heavy atom. The van der Waals surface area contributed by atoms with Crippen LogP contribution in [-0.4, -0.2) is 34.9 Å². The minimum Gasteiger partial charge on any atom is -0.350 e. The number of pyridine rings is 1. The lowest BCUT2D eigenvalue weighted by molar-refractivity contribution is 0.0950. The highest BCUT2D eigenvalue weighted by molar-refractivity contribution is 5.94. The number of nitrogens with zero attached hydrogens (tertiary/aromatic N) is 2. The molecule has 0 aliphatic rings. The molecule has 1 atom stereocenters. The van der Waals surface area contributed by atoms with Crippen LogP contribution in [0.2, 0.25) is 0 Å². The summed E-state index contributed by atoms with van der Waals surface area (Å²) in [5.41, 5.74) is 1.48. The maximum Gasteiger partial charge on any atom is 0.252 e. The summed E-state index contributed by atoms with van der Waals surface area (Å²) in [6, 6.07) is 3.87. The maximum atomic E-state index is 11.9. The molecule has 0 aliphatic carbocycles. The van der Waals surface area contributed by atoms with Gasteiger partial charge in [-0.05, 0) is 26.1 Å². The van der Waals surface area contributed by atoms with Crippen LogP contribution in [0, 0.1) is 0 Å². The second-order valence-corrected chi connectivity index (χ2v) is 4.01. The molecular weight excluding hydrogens is 216 g/mol. The first kappa shape index (κ1) is 11.6. The molecule has 17 heavy (non-hydrogen) atoms. The van der Waals surface area contributed by atoms with E-state index in [0.29, 0.717) is 12.1 Å². The SMILES string of the molecule is CNC(C)CNC(=O)c1ccc2nccn2c1. The van der Waals surface area contributed by atoms with Crippen LogP contribution in [0.5, 0.6) is 0 Å². The molecule has 5 heteroatoms. The average Bonchev–Trinajstić information content (AvgIpc) is 2.82. The van der Waals surface area contributed by atoms with Crippen molar-refractivity contribution >= 4 is 11.6 Å². The highest BCUT2D eigenvalue weighted by Crippen LogP contribution is 2.04. The van der Waals surface area contributed by atoms with Crippen LogP contribution in [0.3, 0.4) is 0 Å². The first-order valence-electron chi connectivity index (χ1n) is 5.59. The first-order chi connectivity index (χ1) is 8.20. The van der Waals surface area contributed by atoms with Gasteiger partial charge in [0, 0.05) is 31.2 Å². The molecule has 0 bridgehead atoms. The van der Waals surface area contributed by atoms with Crippen molar-refractivity contribution in [3.8, 4) is 0 Å². The Bertz CT molecular complexity index is 520. The van der Waals surface area contributed by atoms with Crippen molar-refractivity contribution in [3.63, 3.8) is 0 Å². The highest BCUT2D eigenvalue weighted by Gasteiger charge is 2.07. The summed E-state index contributed by atoms with van der Waals surface area (Å²) < 4.78 is 1.83. The molecule has 2 heterocycles. The zero-order valence-electron chi connectivity index (χ0n) is 9.97. The fourth-order valence-electron chi connectivity index (χ4n) is 1.50. The average molecular weight is 232 g/mol. The summed E-state index contributed by atoms with van der Waals surface area (Å²) >= 11 is 0. The van der Waals surface area contributed by atoms with Crippen LogP contribution < -0.4 is 10.6 Å². The van der Waals surface area contributed by atoms with E-state index in [9.17, 15) is 4.79 Å². The molecule has 0 saturated heterocycles. The van der Waals surface area contributed by atoms with Crippen LogP contribution in [0.15, 0.2) is 30.7 Å². The van der Waals surface area contributed by atoms with E-state index in [1.165, 1.54) is 0 Å². The number of rotatable bonds is 4. The summed E-state index contributed by atoms with van der Waals surface area (Å²) in [6.45, 7) is 2.62. The van der Waals surface area contributed by atoms with E-state index >= 15 is 0 Å². The lowest BCUT2D eigenvalue weighted by Gasteiger charge is -2.11. The Balaban J connectivity index is 2.08. The molecule has 1 amide bonds. The molecule has 0 spiro atoms. The summed E-state index contributed by atoms with van der Waals surface area (Å²) in [6.07, 6.45) is 5.31. The topological polar surface area (TPSA) is 58.4 Å². The third-order valence-corrected chi connectivity index (χ3v) is 2.71. The summed E-state index contributed by atoms with van der Waals surface area (Å²) in [5, 5.41) is 5.94. The molecule has 0 fully saturated rings. The fraction of sp³-hybridized carbons (Fsp3) is 0.333. The highest BCUT2D eigenvalue weighted by atomic mass is 16.1. The van der Waals surface area contributed by atoms with Gasteiger partial charge in [-0.3, -0.25) is 4.79 Å². The molecule has 0 aromatic carbocycles. The molecule has 0 saturated carbocycles. The molecular formula is C12H16N4O. The fourth-order valence-corrected chi connectivity index (χ4v) is 1.50. The van der Waals surface area contributed by atoms with E-state index in [-0.39, 0.29) is 11.9 Å². The first-order valence-corrected chi connectivity index (χ1v) is 5.59. The van der Waals surface area contributed by atoms with Crippen LogP contribution in [0.4, 0.5) is 0 Å². The number of aromatic nitrogens is 2. The minimum absolute atomic E-state index is 0.0669. The maximum absolute atomic E-state index is 11.9. The van der Waals surface area contributed by atoms with Gasteiger partial charge in [0.2, 0.25) is 0 Å². The lowest BCUT2D eigenvalue weighted by atomic mass is 10.2. The van der Waals surface area contributed by atoms with E-state index in [0.717, 1.165) is 5.65 Å². The zero-order valence-corrected chi connectivity index (χ0v) is 9.97. The summed E-state index contributed by atoms with van der Waals surface area (Å²) in [7, 11) is 1.87. The Morgan fingerprint density at radius 3 is 3.12 bits per heavy atom. The van der Waals surface area contributed by atoms with Crippen molar-refractivity contribution in [3.05, 3.63) is 36.3 Å². The largest absolute Gasteiger partial charge is 0.350 e. The standard InChI is InChI=1S/C12H16N4O/c1-9(13-2)7-15-12(17)10-3-4-11-14-5-6-16(11)8-10/h3-6,8-9,13H,7H2,1-2H3,(H,15,17). The van der Waals surface area contributed by atoms with Gasteiger partial charge in [0.05, 0.1) is 5.56 Å². The molecule has 2 rings (SSSR count). The van der Waals surface area contributed by atoms with E-state index in [1.807, 2.05) is 30.6 Å². The van der Waals surface area contributed by atoms with Crippen molar-refractivity contribution in [2.75, 3.05) is 13.6 Å². The van der Waals surface area contributed by atoms with Gasteiger partial charge in [0.25, 0.3) is 5.91 Å². The smallest absolute Gasteiger partial charge is 0.252 e. The van der Waals surface area contributed by atoms with Gasteiger partial charge in [-0.25, -0.2) is 4.98 Å². The Kier molecular flexibility index (Phi) is 3.39. The van der Waals surface area contributed by atoms with E-state index in [1.54, 1.807) is 18.5 Å². The van der Waals surface area contributed by atoms with Gasteiger partial charge in [0.15, 0.2) is 0 Å². The van der Waals surface area contributed by atoms with E-state index in [4.69, 9.17) is 0 Å². The van der Waals surface area contributed by atoms with Gasteiger partial charge < -0.3 is 15.0 Å². The molecule has 0 aliphatic heterocycles. The van der Waals surface area contributed by atoms with Crippen molar-refractivity contribution < 1.29 is 4.79 Å². The van der Waals surface area contributed by atoms with Gasteiger partial charge in [0.1, 0.15) is 5.65 Å². The second kappa shape index (κ2) is 4.97. The molecule has 90 valence electrons. The molecule has 2 aromatic rings.